The predicted octanol–water partition coefficient (Wildman–Crippen LogP) is 6.98. The maximum atomic E-state index is 13.0. The number of carbonyl (C=O) groups excluding carboxylic acids is 6. The lowest BCUT2D eigenvalue weighted by Crippen LogP contribution is -2.36. The van der Waals surface area contributed by atoms with E-state index in [-0.39, 0.29) is 24.7 Å². The first-order valence-electron chi connectivity index (χ1n) is 18.8. The molecule has 0 radical (unpaired) electrons. The Balaban J connectivity index is 0.914. The summed E-state index contributed by atoms with van der Waals surface area (Å²) in [6.45, 7) is 5.42. The molecular formula is C46H38O16. The molecular weight excluding hydrogens is 808 g/mol. The molecule has 2 aliphatic heterocycles. The molecule has 6 rings (SSSR count). The van der Waals surface area contributed by atoms with Crippen molar-refractivity contribution in [2.24, 2.45) is 0 Å². The number of carbonyl (C=O) groups is 6. The first-order valence-corrected chi connectivity index (χ1v) is 18.8. The van der Waals surface area contributed by atoms with Crippen molar-refractivity contribution in [2.75, 3.05) is 26.8 Å². The molecule has 2 fully saturated rings. The fourth-order valence-electron chi connectivity index (χ4n) is 5.82. The van der Waals surface area contributed by atoms with Crippen molar-refractivity contribution < 1.29 is 76.1 Å². The molecule has 0 unspecified atom stereocenters. The predicted molar refractivity (Wildman–Crippen MR) is 218 cm³/mol. The van der Waals surface area contributed by atoms with E-state index < -0.39 is 74.2 Å². The van der Waals surface area contributed by atoms with Gasteiger partial charge in [-0.3, -0.25) is 0 Å². The maximum absolute atomic E-state index is 13.0. The second-order valence-electron chi connectivity index (χ2n) is 13.1. The third kappa shape index (κ3) is 12.6. The van der Waals surface area contributed by atoms with Crippen molar-refractivity contribution in [1.82, 2.24) is 0 Å². The summed E-state index contributed by atoms with van der Waals surface area (Å²) >= 11 is 0. The topological polar surface area (TPSA) is 195 Å². The van der Waals surface area contributed by atoms with Crippen molar-refractivity contribution in [3.05, 3.63) is 156 Å². The van der Waals surface area contributed by atoms with Gasteiger partial charge >= 0.3 is 36.2 Å². The molecule has 2 aliphatic rings. The first kappa shape index (κ1) is 43.8. The van der Waals surface area contributed by atoms with Crippen LogP contribution in [0.25, 0.3) is 24.3 Å². The second kappa shape index (κ2) is 21.4. The van der Waals surface area contributed by atoms with E-state index in [0.29, 0.717) is 11.1 Å². The first-order chi connectivity index (χ1) is 30.1. The molecule has 2 saturated heterocycles. The summed E-state index contributed by atoms with van der Waals surface area (Å²) in [5.41, 5.74) is 3.88. The van der Waals surface area contributed by atoms with Crippen LogP contribution < -0.4 is 9.47 Å². The summed E-state index contributed by atoms with van der Waals surface area (Å²) in [6, 6.07) is 26.7. The summed E-state index contributed by atoms with van der Waals surface area (Å²) in [4.78, 5) is 71.6. The molecule has 4 atom stereocenters. The summed E-state index contributed by atoms with van der Waals surface area (Å²) in [6.07, 6.45) is 4.51. The lowest BCUT2D eigenvalue weighted by molar-refractivity contribution is -0.147. The van der Waals surface area contributed by atoms with Gasteiger partial charge in [0, 0.05) is 12.2 Å². The number of hydrogen-bond donors (Lipinski definition) is 0. The Morgan fingerprint density at radius 3 is 1.13 bits per heavy atom. The normalized spacial score (nSPS) is 17.6. The number of ether oxygens (including phenoxy) is 10. The van der Waals surface area contributed by atoms with Gasteiger partial charge in [-0.1, -0.05) is 86.0 Å². The average molecular weight is 847 g/mol. The Bertz CT molecular complexity index is 2150. The average Bonchev–Trinajstić information content (AvgIpc) is 3.88. The molecule has 318 valence electrons. The minimum absolute atomic E-state index is 0.0739. The molecule has 0 N–H and O–H groups in total. The highest BCUT2D eigenvalue weighted by Crippen LogP contribution is 2.32. The van der Waals surface area contributed by atoms with Crippen LogP contribution in [0.3, 0.4) is 0 Å². The zero-order valence-corrected chi connectivity index (χ0v) is 32.8. The van der Waals surface area contributed by atoms with Gasteiger partial charge in [0.25, 0.3) is 0 Å². The van der Waals surface area contributed by atoms with Crippen LogP contribution in [0.15, 0.2) is 122 Å². The number of esters is 4. The lowest BCUT2D eigenvalue weighted by atomic mass is 10.1. The van der Waals surface area contributed by atoms with Crippen LogP contribution in [0.4, 0.5) is 9.59 Å². The van der Waals surface area contributed by atoms with Crippen LogP contribution in [0, 0.1) is 0 Å². The van der Waals surface area contributed by atoms with Crippen LogP contribution in [0.2, 0.25) is 0 Å². The summed E-state index contributed by atoms with van der Waals surface area (Å²) in [5, 5.41) is 0. The van der Waals surface area contributed by atoms with Gasteiger partial charge in [0.05, 0.1) is 24.3 Å². The summed E-state index contributed by atoms with van der Waals surface area (Å²) < 4.78 is 51.7. The Labute approximate surface area is 354 Å². The van der Waals surface area contributed by atoms with Gasteiger partial charge in [-0.25, -0.2) is 28.8 Å². The molecule has 0 aromatic heterocycles. The minimum Gasteiger partial charge on any atom is -0.453 e. The summed E-state index contributed by atoms with van der Waals surface area (Å²) in [5.74, 6) is -2.14. The Kier molecular flexibility index (Phi) is 15.1. The molecule has 4 aromatic rings. The zero-order chi connectivity index (χ0) is 43.8. The van der Waals surface area contributed by atoms with Crippen LogP contribution in [0.5, 0.6) is 11.5 Å². The molecule has 16 heteroatoms. The van der Waals surface area contributed by atoms with Gasteiger partial charge in [0.1, 0.15) is 23.7 Å². The molecule has 0 spiro atoms. The summed E-state index contributed by atoms with van der Waals surface area (Å²) in [7, 11) is 0. The van der Waals surface area contributed by atoms with Gasteiger partial charge in [-0.05, 0) is 70.8 Å². The molecule has 0 saturated carbocycles. The largest absolute Gasteiger partial charge is 0.516 e. The van der Waals surface area contributed by atoms with E-state index in [1.165, 1.54) is 0 Å². The third-order valence-electron chi connectivity index (χ3n) is 8.96. The van der Waals surface area contributed by atoms with Crippen molar-refractivity contribution >= 4 is 60.5 Å². The van der Waals surface area contributed by atoms with Gasteiger partial charge in [0.2, 0.25) is 13.6 Å². The number of hydrogen-bond acceptors (Lipinski definition) is 16. The zero-order valence-electron chi connectivity index (χ0n) is 32.8. The van der Waals surface area contributed by atoms with Crippen LogP contribution in [-0.2, 0) is 47.5 Å². The van der Waals surface area contributed by atoms with Crippen LogP contribution in [0.1, 0.15) is 43.0 Å². The van der Waals surface area contributed by atoms with Crippen molar-refractivity contribution in [2.45, 2.75) is 24.4 Å². The maximum Gasteiger partial charge on any atom is 0.516 e. The number of fused-ring (bicyclic) bond motifs is 1. The van der Waals surface area contributed by atoms with E-state index in [0.717, 1.165) is 34.4 Å². The molecule has 2 heterocycles. The van der Waals surface area contributed by atoms with Crippen molar-refractivity contribution in [3.8, 4) is 11.5 Å². The molecule has 0 aliphatic carbocycles. The Hall–Kier alpha value is -7.82. The fraction of sp³-hybridized carbons (Fsp3) is 0.174. The van der Waals surface area contributed by atoms with E-state index >= 15 is 0 Å². The molecule has 4 aromatic carbocycles. The van der Waals surface area contributed by atoms with E-state index in [1.807, 2.05) is 24.3 Å². The number of benzene rings is 4. The van der Waals surface area contributed by atoms with Crippen molar-refractivity contribution in [3.63, 3.8) is 0 Å². The fourth-order valence-corrected chi connectivity index (χ4v) is 5.82. The quantitative estimate of drug-likeness (QED) is 0.0280. The molecule has 62 heavy (non-hydrogen) atoms. The monoisotopic (exact) mass is 846 g/mol. The van der Waals surface area contributed by atoms with Crippen LogP contribution >= 0.6 is 0 Å². The van der Waals surface area contributed by atoms with Crippen molar-refractivity contribution in [1.29, 1.82) is 0 Å². The minimum atomic E-state index is -1.04. The highest BCUT2D eigenvalue weighted by atomic mass is 16.8. The Morgan fingerprint density at radius 1 is 0.484 bits per heavy atom. The van der Waals surface area contributed by atoms with E-state index in [4.69, 9.17) is 28.4 Å². The van der Waals surface area contributed by atoms with E-state index in [9.17, 15) is 28.8 Å². The SMILES string of the molecule is C=CC(=O)OCOC(=O)Oc1ccc(/C=C/c2ccc(C(=O)O[C@H]3CO[C@H]4[C@@H]3OC[C@H]4OC(=O)c3ccc(/C=C/c4ccc(OC(=O)OCOC(=O)C=C)cc4)cc3)cc2)cc1. The molecule has 0 bridgehead atoms. The Morgan fingerprint density at radius 2 is 0.806 bits per heavy atom. The van der Waals surface area contributed by atoms with Crippen LogP contribution in [-0.4, -0.2) is 87.4 Å². The highest BCUT2D eigenvalue weighted by molar-refractivity contribution is 5.91. The molecule has 16 nitrogen and oxygen atoms in total. The van der Waals surface area contributed by atoms with Gasteiger partial charge in [-0.2, -0.15) is 0 Å². The second-order valence-corrected chi connectivity index (χ2v) is 13.1. The third-order valence-corrected chi connectivity index (χ3v) is 8.96. The van der Waals surface area contributed by atoms with Gasteiger partial charge in [-0.15, -0.1) is 0 Å². The van der Waals surface area contributed by atoms with Gasteiger partial charge < -0.3 is 47.4 Å². The smallest absolute Gasteiger partial charge is 0.453 e. The lowest BCUT2D eigenvalue weighted by Gasteiger charge is -2.17. The van der Waals surface area contributed by atoms with E-state index in [2.05, 4.69) is 32.1 Å². The number of rotatable bonds is 16. The molecule has 0 amide bonds. The van der Waals surface area contributed by atoms with Gasteiger partial charge in [0.15, 0.2) is 12.2 Å². The van der Waals surface area contributed by atoms with E-state index in [1.54, 1.807) is 97.1 Å². The highest BCUT2D eigenvalue weighted by Gasteiger charge is 2.51. The standard InChI is InChI=1S/C46H38O16/c1-3-39(47)55-27-57-45(51)59-35-21-13-31(14-22-35)7-5-29-9-17-33(18-10-29)43(49)61-37-25-53-42-38(26-54-41(37)42)62-44(50)34-19-11-30(12-20-34)6-8-32-15-23-36(24-16-32)60-46(52)58-28-56-40(48)4-2/h3-24,37-38,41-42H,1-2,25-28H2/b7-5+,8-6+/t37-,38+,41-,42-/m1/s1.